The highest BCUT2D eigenvalue weighted by Crippen LogP contribution is 2.24. The highest BCUT2D eigenvalue weighted by molar-refractivity contribution is 8.14. The van der Waals surface area contributed by atoms with Gasteiger partial charge in [-0.25, -0.2) is 0 Å². The highest BCUT2D eigenvalue weighted by atomic mass is 32.2. The lowest BCUT2D eigenvalue weighted by molar-refractivity contribution is -0.135. The number of carbonyl (C=O) groups is 2. The Morgan fingerprint density at radius 2 is 2.14 bits per heavy atom. The van der Waals surface area contributed by atoms with Gasteiger partial charge in [-0.1, -0.05) is 30.3 Å². The molecule has 2 heterocycles. The molecule has 1 atom stereocenters. The zero-order valence-electron chi connectivity index (χ0n) is 11.6. The second-order valence-electron chi connectivity index (χ2n) is 5.09. The third kappa shape index (κ3) is 3.26. The van der Waals surface area contributed by atoms with Crippen LogP contribution in [0.1, 0.15) is 12.0 Å². The number of hydrogen-bond acceptors (Lipinski definition) is 4. The van der Waals surface area contributed by atoms with Gasteiger partial charge in [-0.05, 0) is 6.42 Å². The summed E-state index contributed by atoms with van der Waals surface area (Å²) < 4.78 is 0. The first-order valence-electron chi connectivity index (χ1n) is 7.05. The summed E-state index contributed by atoms with van der Waals surface area (Å²) in [6, 6.07) is 9.52. The molecule has 0 spiro atoms. The van der Waals surface area contributed by atoms with E-state index in [1.165, 1.54) is 0 Å². The molecule has 1 fully saturated rings. The average molecular weight is 303 g/mol. The van der Waals surface area contributed by atoms with Crippen LogP contribution in [0.25, 0.3) is 0 Å². The Hall–Kier alpha value is -1.82. The lowest BCUT2D eigenvalue weighted by Gasteiger charge is -2.20. The number of nitrogens with one attached hydrogen (secondary N) is 1. The van der Waals surface area contributed by atoms with Gasteiger partial charge in [0, 0.05) is 24.4 Å². The molecule has 1 aromatic carbocycles. The van der Waals surface area contributed by atoms with Crippen LogP contribution in [0.5, 0.6) is 0 Å². The summed E-state index contributed by atoms with van der Waals surface area (Å²) in [5.41, 5.74) is 1.05. The topological polar surface area (TPSA) is 61.8 Å². The minimum absolute atomic E-state index is 0.0366. The number of aliphatic imine (C=N–C) groups is 1. The van der Waals surface area contributed by atoms with Crippen molar-refractivity contribution in [2.75, 3.05) is 25.4 Å². The van der Waals surface area contributed by atoms with Crippen LogP contribution >= 0.6 is 11.8 Å². The van der Waals surface area contributed by atoms with Gasteiger partial charge in [0.05, 0.1) is 11.6 Å². The van der Waals surface area contributed by atoms with Gasteiger partial charge in [-0.3, -0.25) is 14.6 Å². The molecule has 3 rings (SSSR count). The van der Waals surface area contributed by atoms with Gasteiger partial charge in [0.1, 0.15) is 6.04 Å². The molecule has 2 aliphatic rings. The number of carbonyl (C=O) groups excluding carboxylic acids is 2. The molecular weight excluding hydrogens is 286 g/mol. The van der Waals surface area contributed by atoms with Gasteiger partial charge < -0.3 is 10.2 Å². The van der Waals surface area contributed by atoms with Gasteiger partial charge in [0.25, 0.3) is 0 Å². The van der Waals surface area contributed by atoms with Crippen molar-refractivity contribution in [1.29, 1.82) is 0 Å². The van der Waals surface area contributed by atoms with E-state index in [9.17, 15) is 9.59 Å². The number of thioether (sulfide) groups is 1. The van der Waals surface area contributed by atoms with Crippen molar-refractivity contribution in [3.63, 3.8) is 0 Å². The molecule has 5 nitrogen and oxygen atoms in total. The minimum Gasteiger partial charge on any atom is -0.354 e. The van der Waals surface area contributed by atoms with Crippen molar-refractivity contribution in [2.24, 2.45) is 4.99 Å². The fraction of sp³-hybridized carbons (Fsp3) is 0.400. The van der Waals surface area contributed by atoms with Gasteiger partial charge in [-0.15, -0.1) is 11.8 Å². The van der Waals surface area contributed by atoms with E-state index >= 15 is 0 Å². The second kappa shape index (κ2) is 6.30. The standard InChI is InChI=1S/C15H17N3O2S/c19-13-9-18(8-4-7-16-13)15(20)12-10-21-14(17-12)11-5-2-1-3-6-11/h1-3,5-6,12H,4,7-10H2,(H,16,19). The van der Waals surface area contributed by atoms with Crippen LogP contribution < -0.4 is 5.32 Å². The molecule has 1 unspecified atom stereocenters. The SMILES string of the molecule is O=C1CN(C(=O)C2CSC(c3ccccc3)=N2)CCCN1. The van der Waals surface area contributed by atoms with Crippen molar-refractivity contribution in [3.05, 3.63) is 35.9 Å². The smallest absolute Gasteiger partial charge is 0.248 e. The molecule has 0 aromatic heterocycles. The van der Waals surface area contributed by atoms with Crippen molar-refractivity contribution >= 4 is 28.6 Å². The zero-order chi connectivity index (χ0) is 14.7. The molecular formula is C15H17N3O2S. The maximum Gasteiger partial charge on any atom is 0.248 e. The summed E-state index contributed by atoms with van der Waals surface area (Å²) in [5, 5.41) is 3.69. The van der Waals surface area contributed by atoms with Crippen LogP contribution in [0.4, 0.5) is 0 Å². The molecule has 21 heavy (non-hydrogen) atoms. The Labute approximate surface area is 127 Å². The van der Waals surface area contributed by atoms with Crippen molar-refractivity contribution in [3.8, 4) is 0 Å². The van der Waals surface area contributed by atoms with E-state index in [1.54, 1.807) is 16.7 Å². The van der Waals surface area contributed by atoms with E-state index < -0.39 is 0 Å². The van der Waals surface area contributed by atoms with E-state index in [1.807, 2.05) is 30.3 Å². The molecule has 0 bridgehead atoms. The van der Waals surface area contributed by atoms with Crippen molar-refractivity contribution in [2.45, 2.75) is 12.5 Å². The quantitative estimate of drug-likeness (QED) is 0.883. The lowest BCUT2D eigenvalue weighted by atomic mass is 10.2. The second-order valence-corrected chi connectivity index (χ2v) is 6.10. The maximum atomic E-state index is 12.5. The number of rotatable bonds is 2. The number of benzene rings is 1. The summed E-state index contributed by atoms with van der Waals surface area (Å²) >= 11 is 1.60. The molecule has 110 valence electrons. The molecule has 1 N–H and O–H groups in total. The molecule has 1 saturated heterocycles. The minimum atomic E-state index is -0.365. The summed E-state index contributed by atoms with van der Waals surface area (Å²) in [6.45, 7) is 1.41. The Balaban J connectivity index is 1.71. The average Bonchev–Trinajstić information content (AvgIpc) is 2.90. The van der Waals surface area contributed by atoms with E-state index in [0.717, 1.165) is 17.0 Å². The first kappa shape index (κ1) is 14.1. The van der Waals surface area contributed by atoms with Crippen molar-refractivity contribution < 1.29 is 9.59 Å². The summed E-state index contributed by atoms with van der Waals surface area (Å²) in [7, 11) is 0. The first-order chi connectivity index (χ1) is 10.2. The van der Waals surface area contributed by atoms with Gasteiger partial charge in [0.2, 0.25) is 11.8 Å². The van der Waals surface area contributed by atoms with Crippen molar-refractivity contribution in [1.82, 2.24) is 10.2 Å². The Morgan fingerprint density at radius 3 is 2.95 bits per heavy atom. The molecule has 0 radical (unpaired) electrons. The third-order valence-corrected chi connectivity index (χ3v) is 4.63. The molecule has 0 aliphatic carbocycles. The fourth-order valence-corrected chi connectivity index (χ4v) is 3.48. The fourth-order valence-electron chi connectivity index (χ4n) is 2.44. The maximum absolute atomic E-state index is 12.5. The predicted molar refractivity (Wildman–Crippen MR) is 83.4 cm³/mol. The highest BCUT2D eigenvalue weighted by Gasteiger charge is 2.30. The first-order valence-corrected chi connectivity index (χ1v) is 8.04. The van der Waals surface area contributed by atoms with Crippen LogP contribution in [0.15, 0.2) is 35.3 Å². The number of amides is 2. The summed E-state index contributed by atoms with van der Waals surface area (Å²) in [6.07, 6.45) is 0.798. The van der Waals surface area contributed by atoms with Crippen LogP contribution in [0.3, 0.4) is 0 Å². The Kier molecular flexibility index (Phi) is 4.24. The predicted octanol–water partition coefficient (Wildman–Crippen LogP) is 0.897. The van der Waals surface area contributed by atoms with Crippen LogP contribution in [0, 0.1) is 0 Å². The van der Waals surface area contributed by atoms with E-state index in [4.69, 9.17) is 0 Å². The molecule has 0 saturated carbocycles. The van der Waals surface area contributed by atoms with Gasteiger partial charge in [-0.2, -0.15) is 0 Å². The largest absolute Gasteiger partial charge is 0.354 e. The molecule has 2 aliphatic heterocycles. The van der Waals surface area contributed by atoms with Crippen LogP contribution in [0.2, 0.25) is 0 Å². The van der Waals surface area contributed by atoms with E-state index in [-0.39, 0.29) is 24.4 Å². The Morgan fingerprint density at radius 1 is 1.33 bits per heavy atom. The normalized spacial score (nSPS) is 22.5. The Bertz CT molecular complexity index is 574. The molecule has 6 heteroatoms. The van der Waals surface area contributed by atoms with E-state index in [0.29, 0.717) is 18.8 Å². The van der Waals surface area contributed by atoms with E-state index in [2.05, 4.69) is 10.3 Å². The molecule has 1 aromatic rings. The summed E-state index contributed by atoms with van der Waals surface area (Å²) in [5.74, 6) is 0.533. The summed E-state index contributed by atoms with van der Waals surface area (Å²) in [4.78, 5) is 30.2. The number of nitrogens with zero attached hydrogens (tertiary/aromatic N) is 2. The van der Waals surface area contributed by atoms with Crippen LogP contribution in [-0.2, 0) is 9.59 Å². The number of hydrogen-bond donors (Lipinski definition) is 1. The molecule has 2 amide bonds. The van der Waals surface area contributed by atoms with Crippen LogP contribution in [-0.4, -0.2) is 53.2 Å². The lowest BCUT2D eigenvalue weighted by Crippen LogP contribution is -2.42. The van der Waals surface area contributed by atoms with Gasteiger partial charge in [0.15, 0.2) is 0 Å². The van der Waals surface area contributed by atoms with Gasteiger partial charge >= 0.3 is 0 Å². The zero-order valence-corrected chi connectivity index (χ0v) is 12.4. The monoisotopic (exact) mass is 303 g/mol. The third-order valence-electron chi connectivity index (χ3n) is 3.53.